The summed E-state index contributed by atoms with van der Waals surface area (Å²) in [4.78, 5) is 13.8. The maximum atomic E-state index is 12.1. The molecule has 110 valence electrons. The number of nitrogens with zero attached hydrogens (tertiary/aromatic N) is 1. The quantitative estimate of drug-likeness (QED) is 0.802. The van der Waals surface area contributed by atoms with Gasteiger partial charge < -0.3 is 20.1 Å². The predicted octanol–water partition coefficient (Wildman–Crippen LogP) is 2.58. The molecule has 0 aromatic heterocycles. The Morgan fingerprint density at radius 1 is 1.45 bits per heavy atom. The van der Waals surface area contributed by atoms with Crippen LogP contribution in [0.1, 0.15) is 32.4 Å². The van der Waals surface area contributed by atoms with Crippen LogP contribution in [0.2, 0.25) is 0 Å². The molecule has 0 radical (unpaired) electrons. The minimum Gasteiger partial charge on any atom is -0.444 e. The zero-order valence-electron chi connectivity index (χ0n) is 12.3. The summed E-state index contributed by atoms with van der Waals surface area (Å²) in [5.74, 6) is 0. The minimum atomic E-state index is -0.484. The Kier molecular flexibility index (Phi) is 4.18. The highest BCUT2D eigenvalue weighted by Crippen LogP contribution is 2.24. The van der Waals surface area contributed by atoms with Crippen molar-refractivity contribution in [3.8, 4) is 0 Å². The molecular formula is C15H22N2O3. The van der Waals surface area contributed by atoms with E-state index in [4.69, 9.17) is 15.2 Å². The predicted molar refractivity (Wildman–Crippen MR) is 77.4 cm³/mol. The summed E-state index contributed by atoms with van der Waals surface area (Å²) in [5, 5.41) is 0. The molecule has 0 bridgehead atoms. The van der Waals surface area contributed by atoms with Crippen LogP contribution in [0.15, 0.2) is 24.3 Å². The van der Waals surface area contributed by atoms with Gasteiger partial charge in [0.1, 0.15) is 11.7 Å². The molecule has 1 aromatic carbocycles. The Labute approximate surface area is 119 Å². The Bertz CT molecular complexity index is 482. The van der Waals surface area contributed by atoms with E-state index in [0.717, 1.165) is 5.56 Å². The molecule has 0 saturated carbocycles. The van der Waals surface area contributed by atoms with E-state index in [1.165, 1.54) is 0 Å². The smallest absolute Gasteiger partial charge is 0.410 e. The highest BCUT2D eigenvalue weighted by molar-refractivity contribution is 5.68. The highest BCUT2D eigenvalue weighted by atomic mass is 16.6. The molecule has 1 aliphatic heterocycles. The van der Waals surface area contributed by atoms with Crippen molar-refractivity contribution in [1.82, 2.24) is 4.90 Å². The van der Waals surface area contributed by atoms with Crippen molar-refractivity contribution < 1.29 is 14.3 Å². The molecule has 1 atom stereocenters. The molecule has 1 aromatic rings. The van der Waals surface area contributed by atoms with Gasteiger partial charge in [-0.2, -0.15) is 0 Å². The first-order valence-electron chi connectivity index (χ1n) is 6.80. The van der Waals surface area contributed by atoms with Crippen molar-refractivity contribution in [3.05, 3.63) is 29.8 Å². The van der Waals surface area contributed by atoms with Crippen LogP contribution in [0.5, 0.6) is 0 Å². The van der Waals surface area contributed by atoms with Gasteiger partial charge in [0, 0.05) is 12.2 Å². The zero-order valence-corrected chi connectivity index (χ0v) is 12.3. The fourth-order valence-electron chi connectivity index (χ4n) is 2.10. The van der Waals surface area contributed by atoms with Crippen LogP contribution in [0.25, 0.3) is 0 Å². The van der Waals surface area contributed by atoms with Gasteiger partial charge in [0.25, 0.3) is 0 Å². The van der Waals surface area contributed by atoms with Gasteiger partial charge in [-0.05, 0) is 38.5 Å². The number of hydrogen-bond acceptors (Lipinski definition) is 4. The summed E-state index contributed by atoms with van der Waals surface area (Å²) in [7, 11) is 0. The van der Waals surface area contributed by atoms with Crippen LogP contribution in [0.4, 0.5) is 10.5 Å². The first-order valence-corrected chi connectivity index (χ1v) is 6.80. The zero-order chi connectivity index (χ0) is 14.8. The van der Waals surface area contributed by atoms with Crippen LogP contribution in [0, 0.1) is 0 Å². The van der Waals surface area contributed by atoms with Gasteiger partial charge in [-0.1, -0.05) is 12.1 Å². The summed E-state index contributed by atoms with van der Waals surface area (Å²) >= 11 is 0. The molecular weight excluding hydrogens is 256 g/mol. The molecule has 1 fully saturated rings. The molecule has 1 amide bonds. The lowest BCUT2D eigenvalue weighted by Crippen LogP contribution is -2.44. The number of hydrogen-bond donors (Lipinski definition) is 1. The average Bonchev–Trinajstić information content (AvgIpc) is 2.37. The lowest BCUT2D eigenvalue weighted by atomic mass is 10.1. The number of carbonyl (C=O) groups is 1. The second-order valence-corrected chi connectivity index (χ2v) is 5.96. The topological polar surface area (TPSA) is 64.8 Å². The minimum absolute atomic E-state index is 0.153. The first-order chi connectivity index (χ1) is 9.35. The number of nitrogen functional groups attached to an aromatic ring is 1. The summed E-state index contributed by atoms with van der Waals surface area (Å²) in [6.45, 7) is 7.12. The first kappa shape index (κ1) is 14.7. The van der Waals surface area contributed by atoms with E-state index in [1.54, 1.807) is 4.90 Å². The molecule has 0 unspecified atom stereocenters. The lowest BCUT2D eigenvalue weighted by Gasteiger charge is -2.34. The average molecular weight is 278 g/mol. The third kappa shape index (κ3) is 3.87. The third-order valence-electron chi connectivity index (χ3n) is 3.00. The SMILES string of the molecule is CC(C)(C)OC(=O)N1CCO[C@H](c2cccc(N)c2)C1. The van der Waals surface area contributed by atoms with Gasteiger partial charge in [0.2, 0.25) is 0 Å². The fraction of sp³-hybridized carbons (Fsp3) is 0.533. The summed E-state index contributed by atoms with van der Waals surface area (Å²) in [5.41, 5.74) is 6.98. The number of nitrogens with two attached hydrogens (primary N) is 1. The Hall–Kier alpha value is -1.75. The summed E-state index contributed by atoms with van der Waals surface area (Å²) < 4.78 is 11.1. The molecule has 1 heterocycles. The van der Waals surface area contributed by atoms with E-state index in [2.05, 4.69) is 0 Å². The molecule has 5 nitrogen and oxygen atoms in total. The molecule has 2 N–H and O–H groups in total. The van der Waals surface area contributed by atoms with Crippen LogP contribution in [-0.2, 0) is 9.47 Å². The maximum absolute atomic E-state index is 12.1. The van der Waals surface area contributed by atoms with Crippen molar-refractivity contribution in [2.75, 3.05) is 25.4 Å². The Balaban J connectivity index is 2.03. The van der Waals surface area contributed by atoms with Gasteiger partial charge in [-0.3, -0.25) is 0 Å². The number of rotatable bonds is 1. The highest BCUT2D eigenvalue weighted by Gasteiger charge is 2.28. The second-order valence-electron chi connectivity index (χ2n) is 5.96. The number of anilines is 1. The van der Waals surface area contributed by atoms with Crippen LogP contribution >= 0.6 is 0 Å². The molecule has 1 saturated heterocycles. The van der Waals surface area contributed by atoms with Gasteiger partial charge in [0.15, 0.2) is 0 Å². The lowest BCUT2D eigenvalue weighted by molar-refractivity contribution is -0.0432. The Morgan fingerprint density at radius 3 is 2.85 bits per heavy atom. The van der Waals surface area contributed by atoms with Gasteiger partial charge in [-0.15, -0.1) is 0 Å². The number of amides is 1. The fourth-order valence-corrected chi connectivity index (χ4v) is 2.10. The molecule has 20 heavy (non-hydrogen) atoms. The van der Waals surface area contributed by atoms with E-state index < -0.39 is 5.60 Å². The number of carbonyl (C=O) groups excluding carboxylic acids is 1. The van der Waals surface area contributed by atoms with Crippen LogP contribution < -0.4 is 5.73 Å². The van der Waals surface area contributed by atoms with Crippen LogP contribution in [-0.4, -0.2) is 36.3 Å². The van der Waals surface area contributed by atoms with E-state index in [1.807, 2.05) is 45.0 Å². The van der Waals surface area contributed by atoms with E-state index in [0.29, 0.717) is 25.4 Å². The van der Waals surface area contributed by atoms with Crippen molar-refractivity contribution in [3.63, 3.8) is 0 Å². The number of ether oxygens (including phenoxy) is 2. The monoisotopic (exact) mass is 278 g/mol. The van der Waals surface area contributed by atoms with Crippen LogP contribution in [0.3, 0.4) is 0 Å². The molecule has 5 heteroatoms. The summed E-state index contributed by atoms with van der Waals surface area (Å²) in [6.07, 6.45) is -0.450. The van der Waals surface area contributed by atoms with Gasteiger partial charge >= 0.3 is 6.09 Å². The molecule has 1 aliphatic rings. The number of benzene rings is 1. The Morgan fingerprint density at radius 2 is 2.20 bits per heavy atom. The van der Waals surface area contributed by atoms with Gasteiger partial charge in [-0.25, -0.2) is 4.79 Å². The standard InChI is InChI=1S/C15H22N2O3/c1-15(2,3)20-14(18)17-7-8-19-13(10-17)11-5-4-6-12(16)9-11/h4-6,9,13H,7-8,10,16H2,1-3H3/t13-/m0/s1. The van der Waals surface area contributed by atoms with Crippen molar-refractivity contribution in [2.24, 2.45) is 0 Å². The van der Waals surface area contributed by atoms with Crippen molar-refractivity contribution >= 4 is 11.8 Å². The molecule has 0 aliphatic carbocycles. The second kappa shape index (κ2) is 5.71. The van der Waals surface area contributed by atoms with Gasteiger partial charge in [0.05, 0.1) is 13.2 Å². The molecule has 0 spiro atoms. The molecule has 2 rings (SSSR count). The van der Waals surface area contributed by atoms with E-state index in [-0.39, 0.29) is 12.2 Å². The number of morpholine rings is 1. The third-order valence-corrected chi connectivity index (χ3v) is 3.00. The van der Waals surface area contributed by atoms with Crippen molar-refractivity contribution in [2.45, 2.75) is 32.5 Å². The normalized spacial score (nSPS) is 19.8. The maximum Gasteiger partial charge on any atom is 0.410 e. The largest absolute Gasteiger partial charge is 0.444 e. The van der Waals surface area contributed by atoms with Crippen molar-refractivity contribution in [1.29, 1.82) is 0 Å². The van der Waals surface area contributed by atoms with E-state index >= 15 is 0 Å². The summed E-state index contributed by atoms with van der Waals surface area (Å²) in [6, 6.07) is 7.56. The van der Waals surface area contributed by atoms with E-state index in [9.17, 15) is 4.79 Å².